The first-order valence-electron chi connectivity index (χ1n) is 6.43. The molecule has 0 aromatic rings. The van der Waals surface area contributed by atoms with Gasteiger partial charge in [0.05, 0.1) is 12.6 Å². The lowest BCUT2D eigenvalue weighted by Gasteiger charge is -2.35. The first-order chi connectivity index (χ1) is 8.47. The van der Waals surface area contributed by atoms with Crippen molar-refractivity contribution >= 4 is 12.0 Å². The monoisotopic (exact) mass is 257 g/mol. The molecule has 0 aliphatic carbocycles. The van der Waals surface area contributed by atoms with Gasteiger partial charge in [0.15, 0.2) is 0 Å². The van der Waals surface area contributed by atoms with Crippen molar-refractivity contribution in [3.05, 3.63) is 0 Å². The van der Waals surface area contributed by atoms with E-state index in [9.17, 15) is 9.59 Å². The van der Waals surface area contributed by atoms with Crippen molar-refractivity contribution < 1.29 is 14.3 Å². The van der Waals surface area contributed by atoms with Crippen LogP contribution in [-0.2, 0) is 9.53 Å². The summed E-state index contributed by atoms with van der Waals surface area (Å²) in [5, 5.41) is 0. The summed E-state index contributed by atoms with van der Waals surface area (Å²) in [6, 6.07) is -0.459. The van der Waals surface area contributed by atoms with Crippen molar-refractivity contribution in [2.45, 2.75) is 26.8 Å². The number of carbonyl (C=O) groups excluding carboxylic acids is 2. The van der Waals surface area contributed by atoms with Gasteiger partial charge in [0, 0.05) is 26.2 Å². The molecule has 0 aromatic carbocycles. The van der Waals surface area contributed by atoms with Gasteiger partial charge in [-0.15, -0.1) is 0 Å². The molecule has 0 radical (unpaired) electrons. The summed E-state index contributed by atoms with van der Waals surface area (Å²) in [7, 11) is 0. The van der Waals surface area contributed by atoms with E-state index < -0.39 is 6.04 Å². The Labute approximate surface area is 108 Å². The van der Waals surface area contributed by atoms with Crippen molar-refractivity contribution in [2.75, 3.05) is 32.8 Å². The third-order valence-electron chi connectivity index (χ3n) is 3.12. The van der Waals surface area contributed by atoms with Crippen LogP contribution in [-0.4, -0.2) is 60.6 Å². The lowest BCUT2D eigenvalue weighted by atomic mass is 10.0. The lowest BCUT2D eigenvalue weighted by Crippen LogP contribution is -2.55. The van der Waals surface area contributed by atoms with E-state index in [0.29, 0.717) is 32.8 Å². The number of nitrogens with zero attached hydrogens (tertiary/aromatic N) is 2. The highest BCUT2D eigenvalue weighted by atomic mass is 16.6. The quantitative estimate of drug-likeness (QED) is 0.787. The Bertz CT molecular complexity index is 299. The average molecular weight is 257 g/mol. The predicted molar refractivity (Wildman–Crippen MR) is 68.0 cm³/mol. The smallest absolute Gasteiger partial charge is 0.409 e. The Morgan fingerprint density at radius 3 is 2.11 bits per heavy atom. The molecule has 0 bridgehead atoms. The zero-order chi connectivity index (χ0) is 13.7. The van der Waals surface area contributed by atoms with Crippen LogP contribution in [0.15, 0.2) is 0 Å². The number of hydrogen-bond acceptors (Lipinski definition) is 4. The van der Waals surface area contributed by atoms with E-state index in [1.54, 1.807) is 16.7 Å². The molecule has 1 atom stereocenters. The largest absolute Gasteiger partial charge is 0.450 e. The highest BCUT2D eigenvalue weighted by molar-refractivity contribution is 5.82. The Morgan fingerprint density at radius 1 is 1.17 bits per heavy atom. The molecular weight excluding hydrogens is 234 g/mol. The van der Waals surface area contributed by atoms with E-state index in [1.807, 2.05) is 13.8 Å². The number of ether oxygens (including phenoxy) is 1. The van der Waals surface area contributed by atoms with Crippen molar-refractivity contribution in [2.24, 2.45) is 11.7 Å². The van der Waals surface area contributed by atoms with Gasteiger partial charge in [-0.1, -0.05) is 13.8 Å². The maximum Gasteiger partial charge on any atom is 0.409 e. The van der Waals surface area contributed by atoms with Crippen LogP contribution in [0.1, 0.15) is 20.8 Å². The number of rotatable bonds is 3. The van der Waals surface area contributed by atoms with Crippen LogP contribution in [0.2, 0.25) is 0 Å². The molecule has 1 saturated heterocycles. The molecule has 1 aliphatic heterocycles. The molecular formula is C12H23N3O3. The molecule has 6 nitrogen and oxygen atoms in total. The summed E-state index contributed by atoms with van der Waals surface area (Å²) in [6.07, 6.45) is -0.308. The van der Waals surface area contributed by atoms with E-state index in [0.717, 1.165) is 0 Å². The minimum Gasteiger partial charge on any atom is -0.450 e. The van der Waals surface area contributed by atoms with Crippen LogP contribution in [0.3, 0.4) is 0 Å². The van der Waals surface area contributed by atoms with E-state index in [1.165, 1.54) is 0 Å². The van der Waals surface area contributed by atoms with E-state index in [2.05, 4.69) is 0 Å². The van der Waals surface area contributed by atoms with E-state index >= 15 is 0 Å². The summed E-state index contributed by atoms with van der Waals surface area (Å²) < 4.78 is 4.92. The summed E-state index contributed by atoms with van der Waals surface area (Å²) in [5.41, 5.74) is 5.84. The molecule has 2 N–H and O–H groups in total. The molecule has 0 spiro atoms. The van der Waals surface area contributed by atoms with Crippen LogP contribution in [0.4, 0.5) is 4.79 Å². The fourth-order valence-corrected chi connectivity index (χ4v) is 1.82. The topological polar surface area (TPSA) is 75.9 Å². The van der Waals surface area contributed by atoms with Crippen molar-refractivity contribution in [3.63, 3.8) is 0 Å². The van der Waals surface area contributed by atoms with Crippen molar-refractivity contribution in [1.29, 1.82) is 0 Å². The van der Waals surface area contributed by atoms with Gasteiger partial charge in [0.1, 0.15) is 0 Å². The highest BCUT2D eigenvalue weighted by Crippen LogP contribution is 2.08. The van der Waals surface area contributed by atoms with Gasteiger partial charge < -0.3 is 20.3 Å². The second-order valence-corrected chi connectivity index (χ2v) is 4.78. The minimum atomic E-state index is -0.459. The van der Waals surface area contributed by atoms with Gasteiger partial charge in [0.25, 0.3) is 0 Å². The molecule has 1 rings (SSSR count). The Morgan fingerprint density at radius 2 is 1.67 bits per heavy atom. The Hall–Kier alpha value is -1.30. The fraction of sp³-hybridized carbons (Fsp3) is 0.833. The summed E-state index contributed by atoms with van der Waals surface area (Å²) in [5.74, 6) is 0.0918. The predicted octanol–water partition coefficient (Wildman–Crippen LogP) is 0.270. The maximum atomic E-state index is 12.0. The Kier molecular flexibility index (Phi) is 5.40. The molecule has 1 fully saturated rings. The first kappa shape index (κ1) is 14.8. The summed E-state index contributed by atoms with van der Waals surface area (Å²) in [4.78, 5) is 26.8. The second-order valence-electron chi connectivity index (χ2n) is 4.78. The second kappa shape index (κ2) is 6.58. The highest BCUT2D eigenvalue weighted by Gasteiger charge is 2.28. The molecule has 18 heavy (non-hydrogen) atoms. The van der Waals surface area contributed by atoms with Gasteiger partial charge in [-0.3, -0.25) is 4.79 Å². The summed E-state index contributed by atoms with van der Waals surface area (Å²) >= 11 is 0. The number of piperazine rings is 1. The first-order valence-corrected chi connectivity index (χ1v) is 6.43. The molecule has 2 amide bonds. The zero-order valence-electron chi connectivity index (χ0n) is 11.4. The summed E-state index contributed by atoms with van der Waals surface area (Å²) in [6.45, 7) is 8.07. The third kappa shape index (κ3) is 3.60. The zero-order valence-corrected chi connectivity index (χ0v) is 11.4. The van der Waals surface area contributed by atoms with Gasteiger partial charge in [-0.25, -0.2) is 4.79 Å². The SMILES string of the molecule is CCOC(=O)N1CCN(C(=O)[C@H](N)C(C)C)CC1. The minimum absolute atomic E-state index is 0.0338. The molecule has 104 valence electrons. The molecule has 0 unspecified atom stereocenters. The van der Waals surface area contributed by atoms with Crippen LogP contribution in [0.5, 0.6) is 0 Å². The normalized spacial score (nSPS) is 17.8. The lowest BCUT2D eigenvalue weighted by molar-refractivity contribution is -0.135. The van der Waals surface area contributed by atoms with E-state index in [-0.39, 0.29) is 17.9 Å². The molecule has 1 heterocycles. The third-order valence-corrected chi connectivity index (χ3v) is 3.12. The van der Waals surface area contributed by atoms with Gasteiger partial charge in [0.2, 0.25) is 5.91 Å². The van der Waals surface area contributed by atoms with E-state index in [4.69, 9.17) is 10.5 Å². The standard InChI is InChI=1S/C12H23N3O3/c1-4-18-12(17)15-7-5-14(6-8-15)11(16)10(13)9(2)3/h9-10H,4-8,13H2,1-3H3/t10-/m1/s1. The maximum absolute atomic E-state index is 12.0. The molecule has 0 saturated carbocycles. The van der Waals surface area contributed by atoms with Crippen LogP contribution in [0.25, 0.3) is 0 Å². The average Bonchev–Trinajstić information content (AvgIpc) is 2.37. The van der Waals surface area contributed by atoms with Crippen molar-refractivity contribution in [1.82, 2.24) is 9.80 Å². The van der Waals surface area contributed by atoms with Crippen molar-refractivity contribution in [3.8, 4) is 0 Å². The molecule has 6 heteroatoms. The number of carbonyl (C=O) groups is 2. The molecule has 1 aliphatic rings. The van der Waals surface area contributed by atoms with Crippen LogP contribution in [0, 0.1) is 5.92 Å². The van der Waals surface area contributed by atoms with Gasteiger partial charge in [-0.05, 0) is 12.8 Å². The fourth-order valence-electron chi connectivity index (χ4n) is 1.82. The number of amides is 2. The van der Waals surface area contributed by atoms with Crippen LogP contribution >= 0.6 is 0 Å². The van der Waals surface area contributed by atoms with Gasteiger partial charge >= 0.3 is 6.09 Å². The van der Waals surface area contributed by atoms with Gasteiger partial charge in [-0.2, -0.15) is 0 Å². The molecule has 0 aromatic heterocycles. The Balaban J connectivity index is 2.44. The number of hydrogen-bond donors (Lipinski definition) is 1. The van der Waals surface area contributed by atoms with Crippen LogP contribution < -0.4 is 5.73 Å². The number of nitrogens with two attached hydrogens (primary N) is 1.